The molecule has 4 aromatic rings. The van der Waals surface area contributed by atoms with Crippen molar-refractivity contribution in [1.82, 2.24) is 19.8 Å². The third kappa shape index (κ3) is 3.06. The lowest BCUT2D eigenvalue weighted by molar-refractivity contribution is -0.116. The molecule has 0 bridgehead atoms. The minimum Gasteiger partial charge on any atom is -0.480 e. The van der Waals surface area contributed by atoms with E-state index in [2.05, 4.69) is 20.6 Å². The second kappa shape index (κ2) is 6.79. The lowest BCUT2D eigenvalue weighted by Gasteiger charge is -2.08. The summed E-state index contributed by atoms with van der Waals surface area (Å²) in [6.07, 6.45) is 0.709. The fourth-order valence-corrected chi connectivity index (χ4v) is 2.85. The number of nitrogens with one attached hydrogen (secondary N) is 1. The van der Waals surface area contributed by atoms with Gasteiger partial charge in [0.2, 0.25) is 11.8 Å². The van der Waals surface area contributed by atoms with Gasteiger partial charge in [0.05, 0.1) is 7.11 Å². The van der Waals surface area contributed by atoms with Crippen molar-refractivity contribution in [3.05, 3.63) is 60.4 Å². The van der Waals surface area contributed by atoms with E-state index < -0.39 is 0 Å². The van der Waals surface area contributed by atoms with E-state index in [1.807, 2.05) is 42.5 Å². The first-order valence-corrected chi connectivity index (χ1v) is 8.27. The highest BCUT2D eigenvalue weighted by molar-refractivity contribution is 6.02. The molecule has 0 atom stereocenters. The Morgan fingerprint density at radius 2 is 1.92 bits per heavy atom. The standard InChI is InChI=1S/C19H17N5O2/c1-26-19-12-10-17-22-21-16(24(17)23-19)9-11-18(25)20-15-8-4-6-13-5-2-3-7-14(13)15/h2-8,10,12H,9,11H2,1H3,(H,20,25). The van der Waals surface area contributed by atoms with Gasteiger partial charge >= 0.3 is 0 Å². The molecule has 2 aromatic heterocycles. The predicted octanol–water partition coefficient (Wildman–Crippen LogP) is 2.86. The van der Waals surface area contributed by atoms with Crippen molar-refractivity contribution < 1.29 is 9.53 Å². The summed E-state index contributed by atoms with van der Waals surface area (Å²) >= 11 is 0. The fraction of sp³-hybridized carbons (Fsp3) is 0.158. The van der Waals surface area contributed by atoms with Gasteiger partial charge in [0.1, 0.15) is 0 Å². The number of fused-ring (bicyclic) bond motifs is 2. The Morgan fingerprint density at radius 1 is 1.08 bits per heavy atom. The maximum atomic E-state index is 12.4. The number of aromatic nitrogens is 4. The van der Waals surface area contributed by atoms with Gasteiger partial charge in [-0.25, -0.2) is 0 Å². The molecule has 0 saturated heterocycles. The average molecular weight is 347 g/mol. The zero-order chi connectivity index (χ0) is 17.9. The Morgan fingerprint density at radius 3 is 2.81 bits per heavy atom. The molecule has 0 aliphatic heterocycles. The molecular formula is C19H17N5O2. The molecule has 26 heavy (non-hydrogen) atoms. The van der Waals surface area contributed by atoms with Gasteiger partial charge in [-0.1, -0.05) is 36.4 Å². The van der Waals surface area contributed by atoms with Gasteiger partial charge in [0, 0.05) is 30.0 Å². The Labute approximate surface area is 149 Å². The predicted molar refractivity (Wildman–Crippen MR) is 98.2 cm³/mol. The molecule has 0 saturated carbocycles. The maximum Gasteiger partial charge on any atom is 0.231 e. The lowest BCUT2D eigenvalue weighted by atomic mass is 10.1. The number of hydrogen-bond donors (Lipinski definition) is 1. The first-order chi connectivity index (χ1) is 12.7. The number of hydrogen-bond acceptors (Lipinski definition) is 5. The smallest absolute Gasteiger partial charge is 0.231 e. The SMILES string of the molecule is COc1ccc2nnc(CCC(=O)Nc3cccc4ccccc34)n2n1. The van der Waals surface area contributed by atoms with Crippen LogP contribution in [-0.4, -0.2) is 32.8 Å². The third-order valence-corrected chi connectivity index (χ3v) is 4.15. The second-order valence-electron chi connectivity index (χ2n) is 5.84. The molecule has 0 radical (unpaired) electrons. The van der Waals surface area contributed by atoms with Crippen LogP contribution in [0.3, 0.4) is 0 Å². The minimum absolute atomic E-state index is 0.0824. The van der Waals surface area contributed by atoms with Gasteiger partial charge < -0.3 is 10.1 Å². The largest absolute Gasteiger partial charge is 0.480 e. The summed E-state index contributed by atoms with van der Waals surface area (Å²) in [5.41, 5.74) is 1.43. The summed E-state index contributed by atoms with van der Waals surface area (Å²) in [5, 5.41) is 17.5. The monoisotopic (exact) mass is 347 g/mol. The number of anilines is 1. The molecule has 1 amide bonds. The van der Waals surface area contributed by atoms with E-state index in [0.29, 0.717) is 23.8 Å². The number of benzene rings is 2. The zero-order valence-corrected chi connectivity index (χ0v) is 14.2. The highest BCUT2D eigenvalue weighted by Gasteiger charge is 2.11. The van der Waals surface area contributed by atoms with Crippen molar-refractivity contribution in [3.63, 3.8) is 0 Å². The number of aryl methyl sites for hydroxylation is 1. The Bertz CT molecular complexity index is 1080. The number of carbonyl (C=O) groups excluding carboxylic acids is 1. The van der Waals surface area contributed by atoms with E-state index in [0.717, 1.165) is 16.5 Å². The van der Waals surface area contributed by atoms with Crippen LogP contribution >= 0.6 is 0 Å². The van der Waals surface area contributed by atoms with Gasteiger partial charge in [-0.3, -0.25) is 4.79 Å². The van der Waals surface area contributed by atoms with Crippen LogP contribution in [0.25, 0.3) is 16.4 Å². The van der Waals surface area contributed by atoms with Crippen molar-refractivity contribution >= 4 is 28.0 Å². The Balaban J connectivity index is 1.49. The van der Waals surface area contributed by atoms with Crippen LogP contribution in [-0.2, 0) is 11.2 Å². The number of ether oxygens (including phenoxy) is 1. The Hall–Kier alpha value is -3.48. The van der Waals surface area contributed by atoms with Crippen molar-refractivity contribution in [2.75, 3.05) is 12.4 Å². The van der Waals surface area contributed by atoms with E-state index >= 15 is 0 Å². The van der Waals surface area contributed by atoms with Crippen molar-refractivity contribution in [2.45, 2.75) is 12.8 Å². The first-order valence-electron chi connectivity index (χ1n) is 8.27. The zero-order valence-electron chi connectivity index (χ0n) is 14.2. The molecule has 2 aromatic carbocycles. The van der Waals surface area contributed by atoms with Crippen LogP contribution in [0.2, 0.25) is 0 Å². The number of nitrogens with zero attached hydrogens (tertiary/aromatic N) is 4. The van der Waals surface area contributed by atoms with Crippen LogP contribution in [0.1, 0.15) is 12.2 Å². The lowest BCUT2D eigenvalue weighted by Crippen LogP contribution is -2.13. The van der Waals surface area contributed by atoms with Crippen molar-refractivity contribution in [3.8, 4) is 5.88 Å². The van der Waals surface area contributed by atoms with E-state index in [9.17, 15) is 4.79 Å². The summed E-state index contributed by atoms with van der Waals surface area (Å²) in [7, 11) is 1.55. The van der Waals surface area contributed by atoms with E-state index in [1.54, 1.807) is 23.8 Å². The quantitative estimate of drug-likeness (QED) is 0.600. The van der Waals surface area contributed by atoms with Gasteiger partial charge in [0.25, 0.3) is 0 Å². The number of amides is 1. The van der Waals surface area contributed by atoms with Crippen molar-refractivity contribution in [2.24, 2.45) is 0 Å². The number of methoxy groups -OCH3 is 1. The Kier molecular flexibility index (Phi) is 4.18. The van der Waals surface area contributed by atoms with Crippen molar-refractivity contribution in [1.29, 1.82) is 0 Å². The second-order valence-corrected chi connectivity index (χ2v) is 5.84. The van der Waals surface area contributed by atoms with Crippen LogP contribution in [0.5, 0.6) is 5.88 Å². The van der Waals surface area contributed by atoms with Crippen LogP contribution in [0, 0.1) is 0 Å². The maximum absolute atomic E-state index is 12.4. The molecule has 0 fully saturated rings. The molecule has 1 N–H and O–H groups in total. The van der Waals surface area contributed by atoms with Gasteiger partial charge in [-0.2, -0.15) is 4.52 Å². The summed E-state index contributed by atoms with van der Waals surface area (Å²) < 4.78 is 6.73. The summed E-state index contributed by atoms with van der Waals surface area (Å²) in [5.74, 6) is 1.01. The van der Waals surface area contributed by atoms with Crippen LogP contribution < -0.4 is 10.1 Å². The summed E-state index contributed by atoms with van der Waals surface area (Å²) in [4.78, 5) is 12.4. The third-order valence-electron chi connectivity index (χ3n) is 4.15. The molecule has 0 spiro atoms. The molecule has 4 rings (SSSR count). The normalized spacial score (nSPS) is 11.0. The molecule has 0 unspecified atom stereocenters. The van der Waals surface area contributed by atoms with E-state index in [4.69, 9.17) is 4.74 Å². The fourth-order valence-electron chi connectivity index (χ4n) is 2.85. The van der Waals surface area contributed by atoms with Gasteiger partial charge in [0.15, 0.2) is 11.5 Å². The molecule has 2 heterocycles. The summed E-state index contributed by atoms with van der Waals surface area (Å²) in [6.45, 7) is 0. The van der Waals surface area contributed by atoms with Gasteiger partial charge in [-0.15, -0.1) is 15.3 Å². The minimum atomic E-state index is -0.0824. The highest BCUT2D eigenvalue weighted by atomic mass is 16.5. The summed E-state index contributed by atoms with van der Waals surface area (Å²) in [6, 6.07) is 17.3. The average Bonchev–Trinajstić information content (AvgIpc) is 3.09. The molecule has 0 aliphatic rings. The molecule has 7 heteroatoms. The van der Waals surface area contributed by atoms with Crippen LogP contribution in [0.4, 0.5) is 5.69 Å². The van der Waals surface area contributed by atoms with Crippen LogP contribution in [0.15, 0.2) is 54.6 Å². The van der Waals surface area contributed by atoms with E-state index in [1.165, 1.54) is 0 Å². The first kappa shape index (κ1) is 16.0. The number of rotatable bonds is 5. The highest BCUT2D eigenvalue weighted by Crippen LogP contribution is 2.23. The number of carbonyl (C=O) groups is 1. The van der Waals surface area contributed by atoms with E-state index in [-0.39, 0.29) is 12.3 Å². The topological polar surface area (TPSA) is 81.4 Å². The molecule has 7 nitrogen and oxygen atoms in total. The molecule has 0 aliphatic carbocycles. The van der Waals surface area contributed by atoms with Gasteiger partial charge in [-0.05, 0) is 17.5 Å². The molecular weight excluding hydrogens is 330 g/mol. The molecule has 130 valence electrons.